The molecule has 0 aliphatic rings. The Labute approximate surface area is 170 Å². The second kappa shape index (κ2) is 9.68. The molecule has 150 valence electrons. The van der Waals surface area contributed by atoms with E-state index >= 15 is 0 Å². The van der Waals surface area contributed by atoms with Crippen LogP contribution in [0.4, 0.5) is 11.4 Å². The van der Waals surface area contributed by atoms with Gasteiger partial charge in [-0.25, -0.2) is 9.97 Å². The second-order valence-electron chi connectivity index (χ2n) is 7.08. The summed E-state index contributed by atoms with van der Waals surface area (Å²) in [5.74, 6) is -0.241. The summed E-state index contributed by atoms with van der Waals surface area (Å²) >= 11 is 1.51. The molecule has 2 aromatic rings. The molecule has 1 heterocycles. The Morgan fingerprint density at radius 1 is 1.07 bits per heavy atom. The lowest BCUT2D eigenvalue weighted by Gasteiger charge is -2.13. The third-order valence-electron chi connectivity index (χ3n) is 4.49. The molecule has 0 saturated heterocycles. The van der Waals surface area contributed by atoms with E-state index in [1.54, 1.807) is 6.07 Å². The van der Waals surface area contributed by atoms with Crippen LogP contribution in [0.3, 0.4) is 0 Å². The van der Waals surface area contributed by atoms with Crippen molar-refractivity contribution in [1.29, 1.82) is 0 Å². The van der Waals surface area contributed by atoms with E-state index in [-0.39, 0.29) is 17.7 Å². The number of benzene rings is 1. The zero-order valence-corrected chi connectivity index (χ0v) is 18.2. The molecule has 0 aliphatic carbocycles. The predicted octanol–water partition coefficient (Wildman–Crippen LogP) is 4.29. The highest BCUT2D eigenvalue weighted by Crippen LogP contribution is 2.22. The molecule has 28 heavy (non-hydrogen) atoms. The molecular formula is C21H28N4O2S. The van der Waals surface area contributed by atoms with Gasteiger partial charge in [0.25, 0.3) is 0 Å². The zero-order valence-electron chi connectivity index (χ0n) is 17.3. The van der Waals surface area contributed by atoms with E-state index in [0.717, 1.165) is 27.7 Å². The zero-order chi connectivity index (χ0) is 20.8. The smallest absolute Gasteiger partial charge is 0.226 e. The first-order chi connectivity index (χ1) is 13.2. The molecule has 1 aromatic heterocycles. The van der Waals surface area contributed by atoms with Gasteiger partial charge in [0.05, 0.1) is 0 Å². The first-order valence-corrected chi connectivity index (χ1v) is 10.5. The molecule has 0 atom stereocenters. The number of amides is 2. The number of nitrogens with zero attached hydrogens (tertiary/aromatic N) is 2. The fourth-order valence-corrected chi connectivity index (χ4v) is 3.19. The number of thioether (sulfide) groups is 1. The van der Waals surface area contributed by atoms with Crippen LogP contribution in [0.25, 0.3) is 0 Å². The molecule has 0 aliphatic heterocycles. The van der Waals surface area contributed by atoms with E-state index in [0.29, 0.717) is 24.2 Å². The lowest BCUT2D eigenvalue weighted by Crippen LogP contribution is -2.18. The van der Waals surface area contributed by atoms with Crippen molar-refractivity contribution >= 4 is 35.0 Å². The maximum absolute atomic E-state index is 12.5. The van der Waals surface area contributed by atoms with Crippen LogP contribution >= 0.6 is 11.8 Å². The van der Waals surface area contributed by atoms with Crippen LogP contribution in [0.5, 0.6) is 0 Å². The largest absolute Gasteiger partial charge is 0.326 e. The fraction of sp³-hybridized carbons (Fsp3) is 0.429. The fourth-order valence-electron chi connectivity index (χ4n) is 2.73. The third kappa shape index (κ3) is 5.79. The van der Waals surface area contributed by atoms with Crippen molar-refractivity contribution in [3.8, 4) is 0 Å². The third-order valence-corrected chi connectivity index (χ3v) is 5.04. The van der Waals surface area contributed by atoms with Crippen molar-refractivity contribution in [2.75, 3.05) is 16.9 Å². The molecule has 0 bridgehead atoms. The SMILES string of the molecule is CSc1nc(C)c(CCC(=O)Nc2cc(NC(=O)C(C)C)ccc2C)c(C)n1. The predicted molar refractivity (Wildman–Crippen MR) is 115 cm³/mol. The molecule has 0 saturated carbocycles. The van der Waals surface area contributed by atoms with Crippen LogP contribution < -0.4 is 10.6 Å². The Morgan fingerprint density at radius 3 is 2.29 bits per heavy atom. The van der Waals surface area contributed by atoms with Crippen molar-refractivity contribution in [2.45, 2.75) is 52.6 Å². The first-order valence-electron chi connectivity index (χ1n) is 9.30. The van der Waals surface area contributed by atoms with Gasteiger partial charge in [-0.15, -0.1) is 0 Å². The number of hydrogen-bond donors (Lipinski definition) is 2. The molecule has 0 unspecified atom stereocenters. The standard InChI is InChI=1S/C21H28N4O2S/c1-12(2)20(27)24-16-8-7-13(3)18(11-16)25-19(26)10-9-17-14(4)22-21(28-6)23-15(17)5/h7-8,11-12H,9-10H2,1-6H3,(H,24,27)(H,25,26). The molecule has 0 radical (unpaired) electrons. The number of anilines is 2. The van der Waals surface area contributed by atoms with Crippen molar-refractivity contribution in [3.63, 3.8) is 0 Å². The molecule has 6 nitrogen and oxygen atoms in total. The van der Waals surface area contributed by atoms with Gasteiger partial charge in [-0.05, 0) is 56.7 Å². The summed E-state index contributed by atoms with van der Waals surface area (Å²) in [4.78, 5) is 33.3. The summed E-state index contributed by atoms with van der Waals surface area (Å²) in [5.41, 5.74) is 5.17. The van der Waals surface area contributed by atoms with E-state index in [4.69, 9.17) is 0 Å². The molecule has 1 aromatic carbocycles. The highest BCUT2D eigenvalue weighted by Gasteiger charge is 2.13. The Morgan fingerprint density at radius 2 is 1.71 bits per heavy atom. The highest BCUT2D eigenvalue weighted by molar-refractivity contribution is 7.98. The van der Waals surface area contributed by atoms with Crippen LogP contribution in [-0.2, 0) is 16.0 Å². The normalized spacial score (nSPS) is 10.8. The van der Waals surface area contributed by atoms with Crippen LogP contribution in [0.1, 0.15) is 42.8 Å². The number of carbonyl (C=O) groups is 2. The lowest BCUT2D eigenvalue weighted by atomic mass is 10.1. The Hall–Kier alpha value is -2.41. The number of aromatic nitrogens is 2. The first kappa shape index (κ1) is 21.9. The van der Waals surface area contributed by atoms with Gasteiger partial charge >= 0.3 is 0 Å². The van der Waals surface area contributed by atoms with Gasteiger partial charge in [0.15, 0.2) is 5.16 Å². The van der Waals surface area contributed by atoms with Crippen LogP contribution in [0.15, 0.2) is 23.4 Å². The molecule has 7 heteroatoms. The summed E-state index contributed by atoms with van der Waals surface area (Å²) < 4.78 is 0. The average molecular weight is 401 g/mol. The topological polar surface area (TPSA) is 84.0 Å². The number of carbonyl (C=O) groups excluding carboxylic acids is 2. The van der Waals surface area contributed by atoms with E-state index in [2.05, 4.69) is 20.6 Å². The quantitative estimate of drug-likeness (QED) is 0.535. The second-order valence-corrected chi connectivity index (χ2v) is 7.85. The Bertz CT molecular complexity index is 858. The van der Waals surface area contributed by atoms with Gasteiger partial charge in [0.1, 0.15) is 0 Å². The number of aryl methyl sites for hydroxylation is 3. The van der Waals surface area contributed by atoms with E-state index in [1.165, 1.54) is 11.8 Å². The van der Waals surface area contributed by atoms with Gasteiger partial charge in [0, 0.05) is 35.1 Å². The highest BCUT2D eigenvalue weighted by atomic mass is 32.2. The summed E-state index contributed by atoms with van der Waals surface area (Å²) in [7, 11) is 0. The molecule has 0 spiro atoms. The van der Waals surface area contributed by atoms with Crippen molar-refractivity contribution in [2.24, 2.45) is 5.92 Å². The van der Waals surface area contributed by atoms with Gasteiger partial charge < -0.3 is 10.6 Å². The summed E-state index contributed by atoms with van der Waals surface area (Å²) in [5, 5.41) is 6.56. The molecule has 2 amide bonds. The molecule has 0 fully saturated rings. The summed E-state index contributed by atoms with van der Waals surface area (Å²) in [6.07, 6.45) is 2.87. The summed E-state index contributed by atoms with van der Waals surface area (Å²) in [6, 6.07) is 5.51. The summed E-state index contributed by atoms with van der Waals surface area (Å²) in [6.45, 7) is 9.50. The molecular weight excluding hydrogens is 372 g/mol. The number of nitrogens with one attached hydrogen (secondary N) is 2. The van der Waals surface area contributed by atoms with E-state index in [1.807, 2.05) is 53.0 Å². The minimum Gasteiger partial charge on any atom is -0.326 e. The van der Waals surface area contributed by atoms with Gasteiger partial charge in [-0.1, -0.05) is 31.7 Å². The van der Waals surface area contributed by atoms with Crippen LogP contribution in [0, 0.1) is 26.7 Å². The van der Waals surface area contributed by atoms with Crippen molar-refractivity contribution < 1.29 is 9.59 Å². The number of hydrogen-bond acceptors (Lipinski definition) is 5. The van der Waals surface area contributed by atoms with Gasteiger partial charge in [-0.3, -0.25) is 9.59 Å². The lowest BCUT2D eigenvalue weighted by molar-refractivity contribution is -0.119. The monoisotopic (exact) mass is 400 g/mol. The van der Waals surface area contributed by atoms with Crippen molar-refractivity contribution in [3.05, 3.63) is 40.7 Å². The minimum absolute atomic E-state index is 0.0548. The average Bonchev–Trinajstić information content (AvgIpc) is 2.63. The number of rotatable bonds is 7. The Kier molecular flexibility index (Phi) is 7.57. The van der Waals surface area contributed by atoms with Crippen LogP contribution in [0.2, 0.25) is 0 Å². The molecule has 2 N–H and O–H groups in total. The van der Waals surface area contributed by atoms with Crippen LogP contribution in [-0.4, -0.2) is 28.0 Å². The van der Waals surface area contributed by atoms with Crippen molar-refractivity contribution in [1.82, 2.24) is 9.97 Å². The van der Waals surface area contributed by atoms with E-state index < -0.39 is 0 Å². The minimum atomic E-state index is -0.106. The Balaban J connectivity index is 2.04. The maximum atomic E-state index is 12.5. The maximum Gasteiger partial charge on any atom is 0.226 e. The van der Waals surface area contributed by atoms with E-state index in [9.17, 15) is 9.59 Å². The van der Waals surface area contributed by atoms with Gasteiger partial charge in [0.2, 0.25) is 11.8 Å². The molecule has 2 rings (SSSR count). The van der Waals surface area contributed by atoms with Gasteiger partial charge in [-0.2, -0.15) is 0 Å².